The number of carboxylic acid groups (broad SMARTS) is 1. The van der Waals surface area contributed by atoms with E-state index in [1.54, 1.807) is 60.9 Å². The number of fused-ring (bicyclic) bond motifs is 2. The number of halogens is 2. The number of aryl methyl sites for hydroxylation is 2. The highest BCUT2D eigenvalue weighted by atomic mass is 32.1. The molecular weight excluding hydrogens is 1160 g/mol. The summed E-state index contributed by atoms with van der Waals surface area (Å²) in [5.41, 5.74) is 8.83. The Bertz CT molecular complexity index is 4090. The topological polar surface area (TPSA) is 254 Å². The van der Waals surface area contributed by atoms with Crippen molar-refractivity contribution >= 4 is 67.7 Å². The molecule has 12 rings (SSSR count). The van der Waals surface area contributed by atoms with E-state index in [-0.39, 0.29) is 43.6 Å². The maximum atomic E-state index is 13.5. The number of ether oxygens (including phenoxy) is 2. The second-order valence-electron chi connectivity index (χ2n) is 19.3. The minimum absolute atomic E-state index is 0. The van der Waals surface area contributed by atoms with Gasteiger partial charge in [0.25, 0.3) is 0 Å². The van der Waals surface area contributed by atoms with E-state index >= 15 is 0 Å². The number of aromatic nitrogens is 10. The van der Waals surface area contributed by atoms with E-state index in [1.165, 1.54) is 46.9 Å². The van der Waals surface area contributed by atoms with E-state index in [2.05, 4.69) is 37.4 Å². The fraction of sp³-hybridized carbons (Fsp3) is 0.302. The third-order valence-corrected chi connectivity index (χ3v) is 15.9. The standard InChI is InChI=1S/C30H27FN8O2S.C26H20FN7O2S.C4H9NO.C2H6.CH4/c1-3-23-29(37(2)30-36-28(24(15-32)42-30)19-4-7-22(31)8-5-19)39-18-20(6-9-26(39)35-23)21-16-33-25(34-17-21)14-27(40)38-10-12-41-13-11-38;1-3-19-25(33(2)26-32-24(20(11-28)37-26)15-4-7-18(27)8-5-15)34-14-16(6-9-22(34)31-19)17-12-29-21(30-13-17)10-23(35)36;1-3-6-4-2-5-1;1-2;/h4-9,16-18H,3,10-14H2,1-2H3;4-9,12-14H,3,10H2,1-2H3,(H,35,36);5H,1-4H2;1-2H3;1H4/i;;;1D;. The maximum absolute atomic E-state index is 13.5. The van der Waals surface area contributed by atoms with Gasteiger partial charge >= 0.3 is 5.97 Å². The van der Waals surface area contributed by atoms with Crippen molar-refractivity contribution in [2.45, 2.75) is 60.8 Å². The molecule has 2 fully saturated rings. The molecular formula is C63H66F2N16O5S2. The van der Waals surface area contributed by atoms with E-state index in [1.807, 2.05) is 83.2 Å². The van der Waals surface area contributed by atoms with E-state index < -0.39 is 5.97 Å². The van der Waals surface area contributed by atoms with Crippen LogP contribution < -0.4 is 15.1 Å². The predicted octanol–water partition coefficient (Wildman–Crippen LogP) is 10.8. The van der Waals surface area contributed by atoms with Crippen molar-refractivity contribution in [1.82, 2.24) is 58.9 Å². The molecule has 8 aromatic heterocycles. The number of amides is 1. The predicted molar refractivity (Wildman–Crippen MR) is 336 cm³/mol. The zero-order valence-corrected chi connectivity index (χ0v) is 50.1. The van der Waals surface area contributed by atoms with Crippen molar-refractivity contribution in [3.63, 3.8) is 0 Å². The van der Waals surface area contributed by atoms with Crippen LogP contribution in [0.5, 0.6) is 0 Å². The molecule has 10 aromatic rings. The number of nitrogens with one attached hydrogen (secondary N) is 1. The second-order valence-corrected chi connectivity index (χ2v) is 21.3. The highest BCUT2D eigenvalue weighted by Gasteiger charge is 2.25. The quantitative estimate of drug-likeness (QED) is 0.103. The number of carbonyl (C=O) groups is 2. The Morgan fingerprint density at radius 3 is 1.40 bits per heavy atom. The van der Waals surface area contributed by atoms with Gasteiger partial charge in [-0.15, -0.1) is 0 Å². The molecule has 2 aliphatic rings. The third kappa shape index (κ3) is 15.0. The van der Waals surface area contributed by atoms with Gasteiger partial charge in [0.15, 0.2) is 10.3 Å². The smallest absolute Gasteiger partial charge is 0.311 e. The lowest BCUT2D eigenvalue weighted by Gasteiger charge is -2.26. The van der Waals surface area contributed by atoms with E-state index in [4.69, 9.17) is 35.9 Å². The van der Waals surface area contributed by atoms with Gasteiger partial charge in [-0.25, -0.2) is 48.7 Å². The molecule has 2 N–H and O–H groups in total. The number of hydrogen-bond donors (Lipinski definition) is 2. The third-order valence-electron chi connectivity index (χ3n) is 13.8. The molecule has 88 heavy (non-hydrogen) atoms. The number of benzene rings is 2. The summed E-state index contributed by atoms with van der Waals surface area (Å²) in [5, 5.41) is 32.9. The van der Waals surface area contributed by atoms with Crippen LogP contribution in [0.25, 0.3) is 56.1 Å². The molecule has 25 heteroatoms. The number of rotatable bonds is 14. The monoisotopic (exact) mass is 1230 g/mol. The van der Waals surface area contributed by atoms with E-state index in [0.29, 0.717) is 94.4 Å². The van der Waals surface area contributed by atoms with Crippen molar-refractivity contribution in [2.75, 3.05) is 76.5 Å². The Kier molecular flexibility index (Phi) is 21.6. The zero-order valence-electron chi connectivity index (χ0n) is 49.4. The van der Waals surface area contributed by atoms with Crippen molar-refractivity contribution < 1.29 is 34.3 Å². The Morgan fingerprint density at radius 2 is 1.03 bits per heavy atom. The summed E-state index contributed by atoms with van der Waals surface area (Å²) in [6.45, 7) is 12.5. The number of carboxylic acids is 1. The molecule has 21 nitrogen and oxygen atoms in total. The first-order chi connectivity index (χ1) is 42.7. The van der Waals surface area contributed by atoms with Crippen LogP contribution in [0, 0.1) is 34.3 Å². The fourth-order valence-electron chi connectivity index (χ4n) is 9.43. The molecule has 0 radical (unpaired) electrons. The van der Waals surface area contributed by atoms with Crippen LogP contribution in [0.1, 0.15) is 69.3 Å². The molecule has 0 aliphatic carbocycles. The van der Waals surface area contributed by atoms with Crippen LogP contribution in [0.3, 0.4) is 0 Å². The van der Waals surface area contributed by atoms with Gasteiger partial charge in [-0.2, -0.15) is 10.5 Å². The normalized spacial score (nSPS) is 12.8. The van der Waals surface area contributed by atoms with Gasteiger partial charge in [0.1, 0.15) is 85.9 Å². The number of aliphatic carboxylic acids is 1. The molecule has 0 bridgehead atoms. The molecule has 1 amide bonds. The molecule has 2 aliphatic heterocycles. The first kappa shape index (κ1) is 63.0. The minimum Gasteiger partial charge on any atom is -0.481 e. The van der Waals surface area contributed by atoms with Gasteiger partial charge < -0.3 is 34.6 Å². The van der Waals surface area contributed by atoms with Crippen LogP contribution in [0.15, 0.2) is 110 Å². The van der Waals surface area contributed by atoms with Crippen LogP contribution in [-0.2, 0) is 44.7 Å². The lowest BCUT2D eigenvalue weighted by molar-refractivity contribution is -0.136. The van der Waals surface area contributed by atoms with Crippen LogP contribution in [-0.4, -0.2) is 137 Å². The van der Waals surface area contributed by atoms with Crippen molar-refractivity contribution in [3.8, 4) is 56.9 Å². The van der Waals surface area contributed by atoms with E-state index in [0.717, 1.165) is 82.9 Å². The average molecular weight is 1230 g/mol. The highest BCUT2D eigenvalue weighted by Crippen LogP contribution is 2.39. The lowest BCUT2D eigenvalue weighted by Crippen LogP contribution is -2.41. The zero-order chi connectivity index (χ0) is 62.3. The number of anilines is 4. The largest absolute Gasteiger partial charge is 0.481 e. The number of carbonyl (C=O) groups excluding carboxylic acids is 1. The SMILES string of the molecule is C.C1COCCN1.CCc1nc2ccc(-c3cnc(CC(=O)N4CCOCC4)nc3)cn2c1N(C)c1nc(-c2ccc(F)cc2)c(C#N)s1.CCc1nc2ccc(-c3cnc(CC(=O)O)nc3)cn2c1N(C)c1nc(-c2ccc(F)cc2)c(C#N)s1.[2H]CC. The Labute approximate surface area is 517 Å². The molecule has 0 unspecified atom stereocenters. The number of pyridine rings is 2. The summed E-state index contributed by atoms with van der Waals surface area (Å²) >= 11 is 2.52. The summed E-state index contributed by atoms with van der Waals surface area (Å²) in [5.74, 6) is 0.640. The Morgan fingerprint density at radius 1 is 0.636 bits per heavy atom. The number of imidazole rings is 2. The van der Waals surface area contributed by atoms with E-state index in [9.17, 15) is 28.9 Å². The lowest BCUT2D eigenvalue weighted by atomic mass is 10.1. The summed E-state index contributed by atoms with van der Waals surface area (Å²) in [4.78, 5) is 66.4. The van der Waals surface area contributed by atoms with Gasteiger partial charge in [-0.3, -0.25) is 18.4 Å². The van der Waals surface area contributed by atoms with Gasteiger partial charge in [-0.05, 0) is 85.6 Å². The molecule has 0 spiro atoms. The average Bonchev–Trinajstić information content (AvgIpc) is 1.68. The number of thiazole rings is 2. The second kappa shape index (κ2) is 30.2. The maximum Gasteiger partial charge on any atom is 0.311 e. The first-order valence-corrected chi connectivity index (χ1v) is 29.5. The fourth-order valence-corrected chi connectivity index (χ4v) is 11.1. The summed E-state index contributed by atoms with van der Waals surface area (Å²) < 4.78 is 47.4. The van der Waals surface area contributed by atoms with Crippen LogP contribution in [0.2, 0.25) is 0 Å². The van der Waals surface area contributed by atoms with Crippen LogP contribution >= 0.6 is 22.7 Å². The number of nitriles is 2. The van der Waals surface area contributed by atoms with Crippen molar-refractivity contribution in [3.05, 3.63) is 154 Å². The number of hydrogen-bond acceptors (Lipinski definition) is 19. The van der Waals surface area contributed by atoms with Crippen molar-refractivity contribution in [2.24, 2.45) is 0 Å². The van der Waals surface area contributed by atoms with Crippen molar-refractivity contribution in [1.29, 1.82) is 10.5 Å². The summed E-state index contributed by atoms with van der Waals surface area (Å²) in [6.07, 6.45) is 11.8. The number of nitrogens with zero attached hydrogens (tertiary/aromatic N) is 15. The molecule has 2 saturated heterocycles. The Hall–Kier alpha value is -9.50. The van der Waals surface area contributed by atoms with Gasteiger partial charge in [0.2, 0.25) is 5.91 Å². The summed E-state index contributed by atoms with van der Waals surface area (Å²) in [6, 6.07) is 24.0. The first-order valence-electron chi connectivity index (χ1n) is 28.6. The minimum atomic E-state index is -0.989. The molecule has 0 saturated carbocycles. The Balaban J connectivity index is 0.000000201. The molecule has 454 valence electrons. The summed E-state index contributed by atoms with van der Waals surface area (Å²) in [7, 11) is 3.76. The number of morpholine rings is 2. The van der Waals surface area contributed by atoms with Crippen LogP contribution in [0.4, 0.5) is 30.7 Å². The van der Waals surface area contributed by atoms with Gasteiger partial charge in [0, 0.05) is 112 Å². The highest BCUT2D eigenvalue weighted by molar-refractivity contribution is 7.17. The molecule has 10 heterocycles. The molecule has 2 aromatic carbocycles. The van der Waals surface area contributed by atoms with Gasteiger partial charge in [0.05, 0.1) is 44.2 Å². The van der Waals surface area contributed by atoms with Gasteiger partial charge in [-0.1, -0.05) is 57.8 Å². The molecule has 0 atom stereocenters.